The first-order valence-electron chi connectivity index (χ1n) is 5.49. The fourth-order valence-electron chi connectivity index (χ4n) is 1.61. The van der Waals surface area contributed by atoms with Crippen molar-refractivity contribution in [2.24, 2.45) is 5.92 Å². The largest absolute Gasteiger partial charge is 0.481 e. The molecule has 7 heteroatoms. The van der Waals surface area contributed by atoms with Crippen LogP contribution in [0.5, 0.6) is 0 Å². The molecule has 2 amide bonds. The highest BCUT2D eigenvalue weighted by atomic mass is 32.2. The summed E-state index contributed by atoms with van der Waals surface area (Å²) >= 11 is 0. The van der Waals surface area contributed by atoms with Gasteiger partial charge in [-0.05, 0) is 13.3 Å². The van der Waals surface area contributed by atoms with Crippen LogP contribution in [0.3, 0.4) is 0 Å². The highest BCUT2D eigenvalue weighted by molar-refractivity contribution is 7.84. The van der Waals surface area contributed by atoms with Crippen LogP contribution in [0.4, 0.5) is 4.79 Å². The van der Waals surface area contributed by atoms with Crippen molar-refractivity contribution in [2.75, 3.05) is 25.9 Å². The van der Waals surface area contributed by atoms with Gasteiger partial charge in [0.2, 0.25) is 0 Å². The molecule has 3 atom stereocenters. The fourth-order valence-corrected chi connectivity index (χ4v) is 1.92. The van der Waals surface area contributed by atoms with Crippen LogP contribution in [0.25, 0.3) is 0 Å². The van der Waals surface area contributed by atoms with E-state index in [1.54, 1.807) is 13.2 Å². The summed E-state index contributed by atoms with van der Waals surface area (Å²) in [6.45, 7) is 2.85. The van der Waals surface area contributed by atoms with Gasteiger partial charge in [0.25, 0.3) is 0 Å². The Morgan fingerprint density at radius 1 is 1.59 bits per heavy atom. The minimum absolute atomic E-state index is 0.100. The third kappa shape index (κ3) is 3.99. The predicted molar refractivity (Wildman–Crippen MR) is 64.2 cm³/mol. The number of likely N-dealkylation sites (tertiary alicyclic amines) is 1. The van der Waals surface area contributed by atoms with Crippen molar-refractivity contribution >= 4 is 22.8 Å². The van der Waals surface area contributed by atoms with Crippen LogP contribution in [0, 0.1) is 5.92 Å². The molecule has 0 aromatic heterocycles. The SMILES string of the molecule is CC(CNC(=O)N1CCC(C(=O)O)C1)S(C)=O. The van der Waals surface area contributed by atoms with Crippen molar-refractivity contribution in [3.05, 3.63) is 0 Å². The molecule has 0 radical (unpaired) electrons. The average Bonchev–Trinajstić information content (AvgIpc) is 2.74. The zero-order valence-electron chi connectivity index (χ0n) is 10.0. The molecule has 98 valence electrons. The number of carbonyl (C=O) groups is 2. The summed E-state index contributed by atoms with van der Waals surface area (Å²) in [7, 11) is -0.970. The van der Waals surface area contributed by atoms with Gasteiger partial charge in [0.15, 0.2) is 0 Å². The molecular weight excluding hydrogens is 244 g/mol. The van der Waals surface area contributed by atoms with Crippen molar-refractivity contribution in [3.63, 3.8) is 0 Å². The quantitative estimate of drug-likeness (QED) is 0.739. The Morgan fingerprint density at radius 3 is 2.71 bits per heavy atom. The van der Waals surface area contributed by atoms with E-state index in [1.165, 1.54) is 4.90 Å². The van der Waals surface area contributed by atoms with Crippen LogP contribution in [-0.4, -0.2) is 57.4 Å². The molecule has 6 nitrogen and oxygen atoms in total. The van der Waals surface area contributed by atoms with E-state index >= 15 is 0 Å². The number of aliphatic carboxylic acids is 1. The van der Waals surface area contributed by atoms with Crippen molar-refractivity contribution in [1.29, 1.82) is 0 Å². The van der Waals surface area contributed by atoms with Gasteiger partial charge >= 0.3 is 12.0 Å². The lowest BCUT2D eigenvalue weighted by atomic mass is 10.1. The van der Waals surface area contributed by atoms with Gasteiger partial charge in [-0.2, -0.15) is 0 Å². The zero-order chi connectivity index (χ0) is 13.0. The first-order chi connectivity index (χ1) is 7.91. The van der Waals surface area contributed by atoms with Gasteiger partial charge in [-0.15, -0.1) is 0 Å². The van der Waals surface area contributed by atoms with Crippen LogP contribution >= 0.6 is 0 Å². The monoisotopic (exact) mass is 262 g/mol. The summed E-state index contributed by atoms with van der Waals surface area (Å²) in [5.74, 6) is -1.32. The first kappa shape index (κ1) is 14.0. The summed E-state index contributed by atoms with van der Waals surface area (Å²) < 4.78 is 11.1. The molecule has 0 saturated carbocycles. The minimum Gasteiger partial charge on any atom is -0.481 e. The Kier molecular flexibility index (Phi) is 4.92. The van der Waals surface area contributed by atoms with Crippen LogP contribution in [0.15, 0.2) is 0 Å². The van der Waals surface area contributed by atoms with E-state index in [2.05, 4.69) is 5.32 Å². The summed E-state index contributed by atoms with van der Waals surface area (Å²) in [5, 5.41) is 11.4. The lowest BCUT2D eigenvalue weighted by molar-refractivity contribution is -0.141. The normalized spacial score (nSPS) is 23.2. The molecule has 1 rings (SSSR count). The number of nitrogens with one attached hydrogen (secondary N) is 1. The van der Waals surface area contributed by atoms with Gasteiger partial charge in [-0.1, -0.05) is 0 Å². The van der Waals surface area contributed by atoms with Gasteiger partial charge in [-0.25, -0.2) is 4.79 Å². The Labute approximate surface area is 103 Å². The first-order valence-corrected chi connectivity index (χ1v) is 7.11. The molecular formula is C10H18N2O4S. The van der Waals surface area contributed by atoms with Gasteiger partial charge < -0.3 is 15.3 Å². The number of hydrogen-bond donors (Lipinski definition) is 2. The topological polar surface area (TPSA) is 86.7 Å². The van der Waals surface area contributed by atoms with Crippen LogP contribution in [0.2, 0.25) is 0 Å². The van der Waals surface area contributed by atoms with E-state index in [1.807, 2.05) is 0 Å². The van der Waals surface area contributed by atoms with E-state index in [0.29, 0.717) is 19.5 Å². The lowest BCUT2D eigenvalue weighted by Gasteiger charge is -2.18. The Balaban J connectivity index is 2.35. The highest BCUT2D eigenvalue weighted by Gasteiger charge is 2.30. The number of nitrogens with zero attached hydrogens (tertiary/aromatic N) is 1. The van der Waals surface area contributed by atoms with Crippen LogP contribution < -0.4 is 5.32 Å². The predicted octanol–water partition coefficient (Wildman–Crippen LogP) is -0.130. The summed E-state index contributed by atoms with van der Waals surface area (Å²) in [6, 6.07) is -0.272. The van der Waals surface area contributed by atoms with Crippen molar-refractivity contribution in [1.82, 2.24) is 10.2 Å². The zero-order valence-corrected chi connectivity index (χ0v) is 10.8. The second-order valence-electron chi connectivity index (χ2n) is 4.27. The van der Waals surface area contributed by atoms with Gasteiger partial charge in [0, 0.05) is 41.9 Å². The van der Waals surface area contributed by atoms with Crippen LogP contribution in [0.1, 0.15) is 13.3 Å². The van der Waals surface area contributed by atoms with E-state index < -0.39 is 22.7 Å². The molecule has 1 aliphatic rings. The number of carboxylic acid groups (broad SMARTS) is 1. The third-order valence-corrected chi connectivity index (χ3v) is 4.23. The Bertz CT molecular complexity index is 334. The van der Waals surface area contributed by atoms with E-state index in [4.69, 9.17) is 5.11 Å². The molecule has 0 bridgehead atoms. The van der Waals surface area contributed by atoms with E-state index in [9.17, 15) is 13.8 Å². The second-order valence-corrected chi connectivity index (χ2v) is 6.07. The standard InChI is InChI=1S/C10H18N2O4S/c1-7(17(2)16)5-11-10(15)12-4-3-8(6-12)9(13)14/h7-8H,3-6H2,1-2H3,(H,11,15)(H,13,14). The van der Waals surface area contributed by atoms with Crippen molar-refractivity contribution in [2.45, 2.75) is 18.6 Å². The minimum atomic E-state index is -0.970. The number of urea groups is 1. The molecule has 0 aromatic rings. The molecule has 0 aromatic carbocycles. The molecule has 0 spiro atoms. The third-order valence-electron chi connectivity index (χ3n) is 2.93. The van der Waals surface area contributed by atoms with E-state index in [-0.39, 0.29) is 17.8 Å². The van der Waals surface area contributed by atoms with Crippen LogP contribution in [-0.2, 0) is 15.6 Å². The number of rotatable bonds is 4. The smallest absolute Gasteiger partial charge is 0.317 e. The van der Waals surface area contributed by atoms with Gasteiger partial charge in [0.05, 0.1) is 5.92 Å². The molecule has 2 N–H and O–H groups in total. The highest BCUT2D eigenvalue weighted by Crippen LogP contribution is 2.15. The molecule has 1 saturated heterocycles. The van der Waals surface area contributed by atoms with Gasteiger partial charge in [-0.3, -0.25) is 9.00 Å². The maximum absolute atomic E-state index is 11.7. The van der Waals surface area contributed by atoms with Crippen molar-refractivity contribution < 1.29 is 18.9 Å². The Hall–Kier alpha value is -1.11. The Morgan fingerprint density at radius 2 is 2.24 bits per heavy atom. The maximum atomic E-state index is 11.7. The molecule has 17 heavy (non-hydrogen) atoms. The van der Waals surface area contributed by atoms with E-state index in [0.717, 1.165) is 0 Å². The lowest BCUT2D eigenvalue weighted by Crippen LogP contribution is -2.42. The number of hydrogen-bond acceptors (Lipinski definition) is 3. The molecule has 0 aliphatic carbocycles. The van der Waals surface area contributed by atoms with Crippen molar-refractivity contribution in [3.8, 4) is 0 Å². The average molecular weight is 262 g/mol. The molecule has 3 unspecified atom stereocenters. The maximum Gasteiger partial charge on any atom is 0.317 e. The number of amides is 2. The molecule has 1 fully saturated rings. The fraction of sp³-hybridized carbons (Fsp3) is 0.800. The second kappa shape index (κ2) is 6.00. The molecule has 1 aliphatic heterocycles. The number of carbonyl (C=O) groups excluding carboxylic acids is 1. The summed E-state index contributed by atoms with van der Waals surface area (Å²) in [4.78, 5) is 23.9. The number of carboxylic acids is 1. The summed E-state index contributed by atoms with van der Waals surface area (Å²) in [6.07, 6.45) is 2.09. The summed E-state index contributed by atoms with van der Waals surface area (Å²) in [5.41, 5.74) is 0. The molecule has 1 heterocycles. The van der Waals surface area contributed by atoms with Gasteiger partial charge in [0.1, 0.15) is 0 Å².